The van der Waals surface area contributed by atoms with Crippen LogP contribution in [0.15, 0.2) is 24.3 Å². The van der Waals surface area contributed by atoms with Crippen LogP contribution in [0.5, 0.6) is 0 Å². The first-order valence-corrected chi connectivity index (χ1v) is 7.33. The summed E-state index contributed by atoms with van der Waals surface area (Å²) in [5, 5.41) is 3.48. The molecule has 2 amide bonds. The predicted molar refractivity (Wildman–Crippen MR) is 86.8 cm³/mol. The Balaban J connectivity index is 0.00000161. The second kappa shape index (κ2) is 6.24. The number of hydrogen-bond acceptors (Lipinski definition) is 2. The summed E-state index contributed by atoms with van der Waals surface area (Å²) in [5.41, 5.74) is 2.58. The number of hydrogen-bond donors (Lipinski definition) is 1. The maximum Gasteiger partial charge on any atom is 0.320 e. The fraction of sp³-hybridized carbons (Fsp3) is 0.562. The largest absolute Gasteiger partial charge is 0.331 e. The number of urea groups is 1. The second-order valence-electron chi connectivity index (χ2n) is 6.21. The summed E-state index contributed by atoms with van der Waals surface area (Å²) in [5.74, 6) is 1.13. The number of aryl methyl sites for hydroxylation is 1. The fourth-order valence-electron chi connectivity index (χ4n) is 3.69. The van der Waals surface area contributed by atoms with E-state index in [-0.39, 0.29) is 24.5 Å². The van der Waals surface area contributed by atoms with Crippen LogP contribution in [0.2, 0.25) is 0 Å². The molecule has 5 heteroatoms. The van der Waals surface area contributed by atoms with Crippen molar-refractivity contribution >= 4 is 18.4 Å². The Labute approximate surface area is 132 Å². The average Bonchev–Trinajstić information content (AvgIpc) is 2.99. The summed E-state index contributed by atoms with van der Waals surface area (Å²) in [6.07, 6.45) is 0. The summed E-state index contributed by atoms with van der Waals surface area (Å²) in [4.78, 5) is 16.3. The van der Waals surface area contributed by atoms with Gasteiger partial charge in [-0.05, 0) is 24.0 Å². The molecule has 0 aromatic heterocycles. The van der Waals surface area contributed by atoms with Crippen LogP contribution in [0.25, 0.3) is 0 Å². The van der Waals surface area contributed by atoms with Crippen molar-refractivity contribution in [2.24, 2.45) is 11.8 Å². The topological polar surface area (TPSA) is 35.6 Å². The molecule has 21 heavy (non-hydrogen) atoms. The van der Waals surface area contributed by atoms with Gasteiger partial charge in [-0.1, -0.05) is 24.3 Å². The maximum atomic E-state index is 12.5. The summed E-state index contributed by atoms with van der Waals surface area (Å²) in [6, 6.07) is 8.81. The standard InChI is InChI=1S/C16H23N3O.ClH/c1-11-6-4-5-7-13(11)15-14-9-17-8-12(14)10-19(15)16(20)18(2)3;/h4-7,12,14-15,17H,8-10H2,1-3H3;1H/t12-,14-,15+;/m1./s1. The van der Waals surface area contributed by atoms with Crippen molar-refractivity contribution in [2.45, 2.75) is 13.0 Å². The first kappa shape index (κ1) is 16.1. The van der Waals surface area contributed by atoms with E-state index in [9.17, 15) is 4.79 Å². The van der Waals surface area contributed by atoms with E-state index in [1.807, 2.05) is 14.1 Å². The lowest BCUT2D eigenvalue weighted by Crippen LogP contribution is -2.41. The van der Waals surface area contributed by atoms with Crippen LogP contribution in [0.1, 0.15) is 17.2 Å². The highest BCUT2D eigenvalue weighted by atomic mass is 35.5. The lowest BCUT2D eigenvalue weighted by atomic mass is 9.88. The smallest absolute Gasteiger partial charge is 0.320 e. The van der Waals surface area contributed by atoms with Gasteiger partial charge in [0.15, 0.2) is 0 Å². The molecule has 0 bridgehead atoms. The van der Waals surface area contributed by atoms with Gasteiger partial charge >= 0.3 is 6.03 Å². The minimum atomic E-state index is 0. The SMILES string of the molecule is Cc1ccccc1[C@H]1[C@@H]2CNC[C@@H]2CN1C(=O)N(C)C.Cl. The van der Waals surface area contributed by atoms with Crippen molar-refractivity contribution in [3.05, 3.63) is 35.4 Å². The molecular formula is C16H24ClN3O. The number of carbonyl (C=O) groups is 1. The van der Waals surface area contributed by atoms with E-state index in [0.29, 0.717) is 11.8 Å². The van der Waals surface area contributed by atoms with E-state index >= 15 is 0 Å². The molecule has 2 fully saturated rings. The normalized spacial score (nSPS) is 27.2. The van der Waals surface area contributed by atoms with Gasteiger partial charge in [0.05, 0.1) is 6.04 Å². The minimum absolute atomic E-state index is 0. The molecule has 2 aliphatic heterocycles. The van der Waals surface area contributed by atoms with Gasteiger partial charge in [0, 0.05) is 39.6 Å². The Morgan fingerprint density at radius 1 is 1.29 bits per heavy atom. The van der Waals surface area contributed by atoms with Gasteiger partial charge in [-0.2, -0.15) is 0 Å². The highest BCUT2D eigenvalue weighted by Gasteiger charge is 2.47. The van der Waals surface area contributed by atoms with Crippen molar-refractivity contribution in [3.8, 4) is 0 Å². The van der Waals surface area contributed by atoms with Crippen LogP contribution in [-0.2, 0) is 0 Å². The number of likely N-dealkylation sites (tertiary alicyclic amines) is 1. The number of amides is 2. The molecule has 4 nitrogen and oxygen atoms in total. The van der Waals surface area contributed by atoms with Crippen LogP contribution < -0.4 is 5.32 Å². The number of carbonyl (C=O) groups excluding carboxylic acids is 1. The Morgan fingerprint density at radius 2 is 2.00 bits per heavy atom. The summed E-state index contributed by atoms with van der Waals surface area (Å²) in [7, 11) is 3.67. The lowest BCUT2D eigenvalue weighted by Gasteiger charge is -2.31. The molecule has 1 aromatic rings. The Kier molecular flexibility index (Phi) is 4.79. The zero-order valence-electron chi connectivity index (χ0n) is 12.9. The lowest BCUT2D eigenvalue weighted by molar-refractivity contribution is 0.159. The van der Waals surface area contributed by atoms with Crippen LogP contribution >= 0.6 is 12.4 Å². The molecule has 0 radical (unpaired) electrons. The minimum Gasteiger partial charge on any atom is -0.331 e. The highest BCUT2D eigenvalue weighted by Crippen LogP contribution is 2.43. The van der Waals surface area contributed by atoms with Crippen LogP contribution in [0, 0.1) is 18.8 Å². The molecule has 2 heterocycles. The molecule has 0 spiro atoms. The zero-order valence-corrected chi connectivity index (χ0v) is 13.7. The average molecular weight is 310 g/mol. The molecule has 2 saturated heterocycles. The van der Waals surface area contributed by atoms with E-state index in [1.54, 1.807) is 4.90 Å². The quantitative estimate of drug-likeness (QED) is 0.864. The number of rotatable bonds is 1. The second-order valence-corrected chi connectivity index (χ2v) is 6.21. The van der Waals surface area contributed by atoms with Gasteiger partial charge in [-0.3, -0.25) is 0 Å². The van der Waals surface area contributed by atoms with Crippen LogP contribution in [0.3, 0.4) is 0 Å². The molecule has 116 valence electrons. The van der Waals surface area contributed by atoms with Gasteiger partial charge in [0.25, 0.3) is 0 Å². The van der Waals surface area contributed by atoms with Crippen molar-refractivity contribution in [2.75, 3.05) is 33.7 Å². The molecule has 2 aliphatic rings. The molecule has 3 atom stereocenters. The maximum absolute atomic E-state index is 12.5. The highest BCUT2D eigenvalue weighted by molar-refractivity contribution is 5.85. The summed E-state index contributed by atoms with van der Waals surface area (Å²) >= 11 is 0. The van der Waals surface area contributed by atoms with E-state index in [0.717, 1.165) is 19.6 Å². The van der Waals surface area contributed by atoms with Crippen LogP contribution in [-0.4, -0.2) is 49.6 Å². The third-order valence-corrected chi connectivity index (χ3v) is 4.70. The molecular weight excluding hydrogens is 286 g/mol. The summed E-state index contributed by atoms with van der Waals surface area (Å²) in [6.45, 7) is 5.06. The molecule has 1 N–H and O–H groups in total. The number of halogens is 1. The molecule has 0 unspecified atom stereocenters. The predicted octanol–water partition coefficient (Wildman–Crippen LogP) is 2.29. The van der Waals surface area contributed by atoms with Crippen molar-refractivity contribution in [3.63, 3.8) is 0 Å². The van der Waals surface area contributed by atoms with Crippen molar-refractivity contribution < 1.29 is 4.79 Å². The van der Waals surface area contributed by atoms with Crippen molar-refractivity contribution in [1.29, 1.82) is 0 Å². The number of benzene rings is 1. The Bertz CT molecular complexity index is 520. The monoisotopic (exact) mass is 309 g/mol. The van der Waals surface area contributed by atoms with Crippen LogP contribution in [0.4, 0.5) is 4.79 Å². The molecule has 1 aromatic carbocycles. The van der Waals surface area contributed by atoms with E-state index in [4.69, 9.17) is 0 Å². The molecule has 3 rings (SSSR count). The first-order chi connectivity index (χ1) is 9.59. The number of fused-ring (bicyclic) bond motifs is 1. The Hall–Kier alpha value is -1.26. The first-order valence-electron chi connectivity index (χ1n) is 7.33. The van der Waals surface area contributed by atoms with Crippen molar-refractivity contribution in [1.82, 2.24) is 15.1 Å². The van der Waals surface area contributed by atoms with Gasteiger partial charge in [-0.15, -0.1) is 12.4 Å². The fourth-order valence-corrected chi connectivity index (χ4v) is 3.69. The van der Waals surface area contributed by atoms with E-state index < -0.39 is 0 Å². The van der Waals surface area contributed by atoms with Gasteiger partial charge in [0.1, 0.15) is 0 Å². The Morgan fingerprint density at radius 3 is 2.67 bits per heavy atom. The number of nitrogens with one attached hydrogen (secondary N) is 1. The number of nitrogens with zero attached hydrogens (tertiary/aromatic N) is 2. The molecule has 0 aliphatic carbocycles. The van der Waals surface area contributed by atoms with Gasteiger partial charge in [-0.25, -0.2) is 4.79 Å². The third kappa shape index (κ3) is 2.74. The van der Waals surface area contributed by atoms with E-state index in [2.05, 4.69) is 41.4 Å². The summed E-state index contributed by atoms with van der Waals surface area (Å²) < 4.78 is 0. The van der Waals surface area contributed by atoms with Gasteiger partial charge in [0.2, 0.25) is 0 Å². The third-order valence-electron chi connectivity index (χ3n) is 4.70. The van der Waals surface area contributed by atoms with E-state index in [1.165, 1.54) is 11.1 Å². The van der Waals surface area contributed by atoms with Gasteiger partial charge < -0.3 is 15.1 Å². The molecule has 0 saturated carbocycles. The zero-order chi connectivity index (χ0) is 14.3.